The predicted octanol–water partition coefficient (Wildman–Crippen LogP) is 3.56. The highest BCUT2D eigenvalue weighted by molar-refractivity contribution is 6.35. The second kappa shape index (κ2) is 5.95. The van der Waals surface area contributed by atoms with E-state index < -0.39 is 0 Å². The quantitative estimate of drug-likeness (QED) is 0.624. The smallest absolute Gasteiger partial charge is 0.266 e. The Kier molecular flexibility index (Phi) is 3.84. The van der Waals surface area contributed by atoms with E-state index in [1.54, 1.807) is 24.3 Å². The molecular formula is C21H21NO4. The molecule has 5 heteroatoms. The van der Waals surface area contributed by atoms with Gasteiger partial charge in [-0.05, 0) is 29.2 Å². The summed E-state index contributed by atoms with van der Waals surface area (Å²) in [5, 5.41) is 0. The number of nitrogens with zero attached hydrogens (tertiary/aromatic N) is 1. The van der Waals surface area contributed by atoms with Crippen LogP contribution in [-0.4, -0.2) is 31.1 Å². The van der Waals surface area contributed by atoms with Gasteiger partial charge in [-0.2, -0.15) is 0 Å². The van der Waals surface area contributed by atoms with Crippen molar-refractivity contribution >= 4 is 17.5 Å². The molecule has 1 atom stereocenters. The Morgan fingerprint density at radius 3 is 2.54 bits per heavy atom. The maximum Gasteiger partial charge on any atom is 0.266 e. The molecule has 0 aliphatic carbocycles. The zero-order chi connectivity index (χ0) is 18.5. The molecule has 1 unspecified atom stereocenters. The molecule has 0 radical (unpaired) electrons. The fourth-order valence-corrected chi connectivity index (χ4v) is 3.21. The van der Waals surface area contributed by atoms with Crippen LogP contribution in [0.1, 0.15) is 47.1 Å². The molecule has 1 fully saturated rings. The molecule has 134 valence electrons. The maximum atomic E-state index is 13.1. The highest BCUT2D eigenvalue weighted by atomic mass is 16.6. The molecule has 0 saturated carbocycles. The average molecular weight is 351 g/mol. The first-order valence-electron chi connectivity index (χ1n) is 8.73. The lowest BCUT2D eigenvalue weighted by Crippen LogP contribution is -2.30. The number of benzene rings is 2. The zero-order valence-corrected chi connectivity index (χ0v) is 15.1. The van der Waals surface area contributed by atoms with Gasteiger partial charge >= 0.3 is 0 Å². The topological polar surface area (TPSA) is 59.1 Å². The molecule has 2 aliphatic rings. The fraction of sp³-hybridized carbons (Fsp3) is 0.333. The van der Waals surface area contributed by atoms with Crippen molar-refractivity contribution in [3.8, 4) is 5.75 Å². The first kappa shape index (κ1) is 16.8. The van der Waals surface area contributed by atoms with Gasteiger partial charge in [-0.15, -0.1) is 0 Å². The van der Waals surface area contributed by atoms with E-state index in [-0.39, 0.29) is 23.3 Å². The van der Waals surface area contributed by atoms with Crippen LogP contribution in [0.4, 0.5) is 5.69 Å². The van der Waals surface area contributed by atoms with Crippen LogP contribution in [0.5, 0.6) is 5.75 Å². The Labute approximate surface area is 152 Å². The molecule has 2 aromatic carbocycles. The van der Waals surface area contributed by atoms with E-state index in [1.165, 1.54) is 4.90 Å². The number of amides is 2. The summed E-state index contributed by atoms with van der Waals surface area (Å²) in [6.45, 7) is 7.31. The van der Waals surface area contributed by atoms with Gasteiger partial charge in [0.05, 0.1) is 23.4 Å². The number of imide groups is 1. The number of anilines is 1. The number of hydrogen-bond acceptors (Lipinski definition) is 4. The van der Waals surface area contributed by atoms with Crippen LogP contribution in [0, 0.1) is 0 Å². The Bertz CT molecular complexity index is 893. The molecule has 2 heterocycles. The Morgan fingerprint density at radius 2 is 1.85 bits per heavy atom. The van der Waals surface area contributed by atoms with E-state index in [0.29, 0.717) is 35.8 Å². The number of carbonyl (C=O) groups excluding carboxylic acids is 2. The molecule has 2 aromatic rings. The number of carbonyl (C=O) groups is 2. The first-order chi connectivity index (χ1) is 12.4. The molecular weight excluding hydrogens is 330 g/mol. The molecule has 2 amide bonds. The van der Waals surface area contributed by atoms with E-state index in [4.69, 9.17) is 9.47 Å². The number of epoxide rings is 1. The monoisotopic (exact) mass is 351 g/mol. The van der Waals surface area contributed by atoms with Crippen molar-refractivity contribution in [1.29, 1.82) is 0 Å². The molecule has 0 aromatic heterocycles. The van der Waals surface area contributed by atoms with Crippen LogP contribution in [0.2, 0.25) is 0 Å². The van der Waals surface area contributed by atoms with Crippen molar-refractivity contribution in [2.24, 2.45) is 0 Å². The summed E-state index contributed by atoms with van der Waals surface area (Å²) in [6.07, 6.45) is 0.146. The second-order valence-electron chi connectivity index (χ2n) is 7.69. The van der Waals surface area contributed by atoms with E-state index in [1.807, 2.05) is 39.0 Å². The first-order valence-corrected chi connectivity index (χ1v) is 8.73. The normalized spacial score (nSPS) is 18.9. The standard InChI is InChI=1S/C21H21NO4/c1-21(2,3)17-9-5-8-16-18(17)20(24)22(19(16)23)13-6-4-7-14(10-13)25-11-15-12-26-15/h4-10,15H,11-12H2,1-3H3. The van der Waals surface area contributed by atoms with Gasteiger partial charge in [0.25, 0.3) is 11.8 Å². The van der Waals surface area contributed by atoms with Crippen molar-refractivity contribution in [3.05, 3.63) is 59.2 Å². The third-order valence-electron chi connectivity index (χ3n) is 4.64. The Hall–Kier alpha value is -2.66. The van der Waals surface area contributed by atoms with Crippen LogP contribution in [0.3, 0.4) is 0 Å². The number of rotatable bonds is 4. The van der Waals surface area contributed by atoms with Crippen molar-refractivity contribution in [2.75, 3.05) is 18.1 Å². The summed E-state index contributed by atoms with van der Waals surface area (Å²) in [7, 11) is 0. The second-order valence-corrected chi connectivity index (χ2v) is 7.69. The molecule has 1 saturated heterocycles. The predicted molar refractivity (Wildman–Crippen MR) is 98.0 cm³/mol. The molecule has 4 rings (SSSR count). The largest absolute Gasteiger partial charge is 0.491 e. The van der Waals surface area contributed by atoms with Crippen LogP contribution in [-0.2, 0) is 10.2 Å². The molecule has 0 bridgehead atoms. The van der Waals surface area contributed by atoms with Gasteiger partial charge in [-0.25, -0.2) is 4.90 Å². The van der Waals surface area contributed by atoms with E-state index in [9.17, 15) is 9.59 Å². The summed E-state index contributed by atoms with van der Waals surface area (Å²) in [5.41, 5.74) is 2.13. The lowest BCUT2D eigenvalue weighted by molar-refractivity contribution is 0.0925. The highest BCUT2D eigenvalue weighted by Gasteiger charge is 2.40. The summed E-state index contributed by atoms with van der Waals surface area (Å²) >= 11 is 0. The van der Waals surface area contributed by atoms with Gasteiger partial charge in [-0.1, -0.05) is 39.0 Å². The van der Waals surface area contributed by atoms with Crippen molar-refractivity contribution < 1.29 is 19.1 Å². The minimum Gasteiger partial charge on any atom is -0.491 e. The summed E-state index contributed by atoms with van der Waals surface area (Å²) in [4.78, 5) is 27.3. The lowest BCUT2D eigenvalue weighted by atomic mass is 9.82. The van der Waals surface area contributed by atoms with Gasteiger partial charge in [0.2, 0.25) is 0 Å². The Morgan fingerprint density at radius 1 is 1.12 bits per heavy atom. The molecule has 0 spiro atoms. The van der Waals surface area contributed by atoms with Crippen LogP contribution >= 0.6 is 0 Å². The van der Waals surface area contributed by atoms with E-state index >= 15 is 0 Å². The van der Waals surface area contributed by atoms with Gasteiger partial charge in [0.1, 0.15) is 18.5 Å². The SMILES string of the molecule is CC(C)(C)c1cccc2c1C(=O)N(c1cccc(OCC3CO3)c1)C2=O. The van der Waals surface area contributed by atoms with Gasteiger partial charge in [-0.3, -0.25) is 9.59 Å². The highest BCUT2D eigenvalue weighted by Crippen LogP contribution is 2.36. The van der Waals surface area contributed by atoms with Crippen molar-refractivity contribution in [3.63, 3.8) is 0 Å². The van der Waals surface area contributed by atoms with Crippen LogP contribution < -0.4 is 9.64 Å². The molecule has 26 heavy (non-hydrogen) atoms. The van der Waals surface area contributed by atoms with Crippen LogP contribution in [0.15, 0.2) is 42.5 Å². The summed E-state index contributed by atoms with van der Waals surface area (Å²) in [6, 6.07) is 12.5. The Balaban J connectivity index is 1.69. The average Bonchev–Trinajstić information content (AvgIpc) is 3.39. The van der Waals surface area contributed by atoms with Gasteiger partial charge in [0.15, 0.2) is 0 Å². The van der Waals surface area contributed by atoms with Crippen molar-refractivity contribution in [2.45, 2.75) is 32.3 Å². The third-order valence-corrected chi connectivity index (χ3v) is 4.64. The van der Waals surface area contributed by atoms with Gasteiger partial charge in [0, 0.05) is 6.07 Å². The van der Waals surface area contributed by atoms with E-state index in [2.05, 4.69) is 0 Å². The summed E-state index contributed by atoms with van der Waals surface area (Å²) < 4.78 is 10.8. The van der Waals surface area contributed by atoms with Gasteiger partial charge < -0.3 is 9.47 Å². The number of ether oxygens (including phenoxy) is 2. The number of fused-ring (bicyclic) bond motifs is 1. The third kappa shape index (κ3) is 2.88. The minimum atomic E-state index is -0.293. The fourth-order valence-electron chi connectivity index (χ4n) is 3.21. The summed E-state index contributed by atoms with van der Waals surface area (Å²) in [5.74, 6) is 0.0441. The minimum absolute atomic E-state index is 0.146. The van der Waals surface area contributed by atoms with E-state index in [0.717, 1.165) is 5.56 Å². The molecule has 5 nitrogen and oxygen atoms in total. The molecule has 2 aliphatic heterocycles. The van der Waals surface area contributed by atoms with Crippen molar-refractivity contribution in [1.82, 2.24) is 0 Å². The lowest BCUT2D eigenvalue weighted by Gasteiger charge is -2.21. The zero-order valence-electron chi connectivity index (χ0n) is 15.1. The number of hydrogen-bond donors (Lipinski definition) is 0. The maximum absolute atomic E-state index is 13.1. The van der Waals surface area contributed by atoms with Crippen LogP contribution in [0.25, 0.3) is 0 Å². The molecule has 0 N–H and O–H groups in total.